The summed E-state index contributed by atoms with van der Waals surface area (Å²) in [5.74, 6) is 0.121. The van der Waals surface area contributed by atoms with Crippen LogP contribution in [0.3, 0.4) is 0 Å². The number of hydrogen-bond acceptors (Lipinski definition) is 4. The molecular weight excluding hydrogens is 412 g/mol. The molecule has 2 aliphatic rings. The van der Waals surface area contributed by atoms with Crippen molar-refractivity contribution >= 4 is 21.6 Å². The highest BCUT2D eigenvalue weighted by atomic mass is 32.2. The van der Waals surface area contributed by atoms with E-state index in [0.29, 0.717) is 44.0 Å². The van der Waals surface area contributed by atoms with Crippen LogP contribution >= 0.6 is 0 Å². The van der Waals surface area contributed by atoms with Crippen molar-refractivity contribution in [2.75, 3.05) is 37.7 Å². The van der Waals surface area contributed by atoms with Crippen LogP contribution in [0.15, 0.2) is 41.3 Å². The number of benzene rings is 2. The van der Waals surface area contributed by atoms with Gasteiger partial charge in [0.25, 0.3) is 0 Å². The van der Waals surface area contributed by atoms with Gasteiger partial charge >= 0.3 is 0 Å². The third-order valence-electron chi connectivity index (χ3n) is 6.15. The molecular formula is C24H30N2O4S. The number of carbonyl (C=O) groups is 1. The quantitative estimate of drug-likeness (QED) is 0.713. The molecule has 1 amide bonds. The number of sulfonamides is 1. The zero-order valence-electron chi connectivity index (χ0n) is 18.3. The second-order valence-corrected chi connectivity index (χ2v) is 10.3. The van der Waals surface area contributed by atoms with E-state index >= 15 is 0 Å². The van der Waals surface area contributed by atoms with E-state index in [1.54, 1.807) is 12.1 Å². The van der Waals surface area contributed by atoms with Gasteiger partial charge < -0.3 is 9.64 Å². The molecule has 166 valence electrons. The maximum absolute atomic E-state index is 13.0. The van der Waals surface area contributed by atoms with Gasteiger partial charge in [0.2, 0.25) is 15.9 Å². The Morgan fingerprint density at radius 2 is 1.74 bits per heavy atom. The fraction of sp³-hybridized carbons (Fsp3) is 0.458. The molecule has 0 atom stereocenters. The van der Waals surface area contributed by atoms with Crippen LogP contribution in [-0.2, 0) is 32.4 Å². The lowest BCUT2D eigenvalue weighted by Crippen LogP contribution is -2.40. The zero-order valence-corrected chi connectivity index (χ0v) is 19.1. The molecule has 0 saturated carbocycles. The highest BCUT2D eigenvalue weighted by Crippen LogP contribution is 2.31. The summed E-state index contributed by atoms with van der Waals surface area (Å²) in [6, 6.07) is 11.2. The molecule has 2 aromatic rings. The molecule has 2 heterocycles. The molecule has 0 radical (unpaired) electrons. The lowest BCUT2D eigenvalue weighted by Gasteiger charge is -2.31. The summed E-state index contributed by atoms with van der Waals surface area (Å²) in [6.07, 6.45) is 3.00. The first-order valence-corrected chi connectivity index (χ1v) is 12.4. The Labute approximate surface area is 184 Å². The van der Waals surface area contributed by atoms with E-state index in [-0.39, 0.29) is 5.91 Å². The van der Waals surface area contributed by atoms with Gasteiger partial charge in [0.1, 0.15) is 0 Å². The first-order valence-electron chi connectivity index (χ1n) is 10.9. The lowest BCUT2D eigenvalue weighted by molar-refractivity contribution is -0.118. The summed E-state index contributed by atoms with van der Waals surface area (Å²) >= 11 is 0. The highest BCUT2D eigenvalue weighted by Gasteiger charge is 2.26. The van der Waals surface area contributed by atoms with E-state index in [9.17, 15) is 13.2 Å². The highest BCUT2D eigenvalue weighted by molar-refractivity contribution is 7.89. The van der Waals surface area contributed by atoms with Gasteiger partial charge in [-0.05, 0) is 73.6 Å². The van der Waals surface area contributed by atoms with Gasteiger partial charge in [-0.25, -0.2) is 8.42 Å². The molecule has 7 heteroatoms. The van der Waals surface area contributed by atoms with Gasteiger partial charge in [0.05, 0.1) is 18.1 Å². The Bertz CT molecular complexity index is 1060. The molecule has 2 aliphatic heterocycles. The Balaban J connectivity index is 1.42. The van der Waals surface area contributed by atoms with Crippen LogP contribution in [0, 0.1) is 13.8 Å². The van der Waals surface area contributed by atoms with E-state index in [2.05, 4.69) is 26.0 Å². The van der Waals surface area contributed by atoms with Crippen molar-refractivity contribution in [1.29, 1.82) is 0 Å². The summed E-state index contributed by atoms with van der Waals surface area (Å²) in [7, 11) is -3.49. The van der Waals surface area contributed by atoms with Crippen LogP contribution < -0.4 is 4.90 Å². The van der Waals surface area contributed by atoms with Crippen molar-refractivity contribution in [1.82, 2.24) is 4.31 Å². The average Bonchev–Trinajstić information content (AvgIpc) is 2.78. The topological polar surface area (TPSA) is 66.9 Å². The SMILES string of the molecule is Cc1cc(C)c2c(c1)N(C(=O)CCc1ccc(S(=O)(=O)N3CCOCC3)cc1)CCC2. The molecule has 2 aromatic carbocycles. The number of carbonyl (C=O) groups excluding carboxylic acids is 1. The summed E-state index contributed by atoms with van der Waals surface area (Å²) in [4.78, 5) is 15.2. The van der Waals surface area contributed by atoms with Crippen LogP contribution in [0.25, 0.3) is 0 Å². The molecule has 0 aliphatic carbocycles. The minimum absolute atomic E-state index is 0.121. The first-order chi connectivity index (χ1) is 14.9. The molecule has 0 spiro atoms. The number of anilines is 1. The number of aryl methyl sites for hydroxylation is 3. The number of ether oxygens (including phenoxy) is 1. The zero-order chi connectivity index (χ0) is 22.0. The van der Waals surface area contributed by atoms with E-state index in [4.69, 9.17) is 4.74 Å². The van der Waals surface area contributed by atoms with Gasteiger partial charge in [-0.2, -0.15) is 4.31 Å². The number of amides is 1. The van der Waals surface area contributed by atoms with Gasteiger partial charge in [-0.15, -0.1) is 0 Å². The average molecular weight is 443 g/mol. The van der Waals surface area contributed by atoms with E-state index in [1.807, 2.05) is 17.0 Å². The van der Waals surface area contributed by atoms with Gasteiger partial charge in [-0.3, -0.25) is 4.79 Å². The van der Waals surface area contributed by atoms with Crippen LogP contribution in [0.2, 0.25) is 0 Å². The van der Waals surface area contributed by atoms with Crippen LogP contribution in [0.4, 0.5) is 5.69 Å². The summed E-state index contributed by atoms with van der Waals surface area (Å²) in [6.45, 7) is 6.56. The van der Waals surface area contributed by atoms with Crippen molar-refractivity contribution in [2.24, 2.45) is 0 Å². The normalized spacial score (nSPS) is 17.4. The van der Waals surface area contributed by atoms with Crippen molar-refractivity contribution in [3.05, 3.63) is 58.7 Å². The molecule has 1 fully saturated rings. The summed E-state index contributed by atoms with van der Waals surface area (Å²) in [5, 5.41) is 0. The number of morpholine rings is 1. The molecule has 0 aromatic heterocycles. The number of rotatable bonds is 5. The summed E-state index contributed by atoms with van der Waals surface area (Å²) in [5.41, 5.74) is 5.73. The van der Waals surface area contributed by atoms with E-state index in [0.717, 1.165) is 30.6 Å². The Kier molecular flexibility index (Phi) is 6.46. The molecule has 0 N–H and O–H groups in total. The summed E-state index contributed by atoms with van der Waals surface area (Å²) < 4.78 is 32.2. The second-order valence-electron chi connectivity index (χ2n) is 8.39. The van der Waals surface area contributed by atoms with Crippen LogP contribution in [0.1, 0.15) is 35.1 Å². The Morgan fingerprint density at radius 3 is 2.45 bits per heavy atom. The van der Waals surface area contributed by atoms with Crippen molar-refractivity contribution in [2.45, 2.75) is 44.4 Å². The number of fused-ring (bicyclic) bond motifs is 1. The molecule has 31 heavy (non-hydrogen) atoms. The standard InChI is InChI=1S/C24H30N2O4S/c1-18-16-19(2)22-4-3-11-26(23(22)17-18)24(27)10-7-20-5-8-21(9-6-20)31(28,29)25-12-14-30-15-13-25/h5-6,8-9,16-17H,3-4,7,10-15H2,1-2H3. The van der Waals surface area contributed by atoms with Gasteiger partial charge in [-0.1, -0.05) is 18.2 Å². The maximum Gasteiger partial charge on any atom is 0.243 e. The second kappa shape index (κ2) is 9.10. The Hall–Kier alpha value is -2.22. The van der Waals surface area contributed by atoms with Crippen molar-refractivity contribution < 1.29 is 17.9 Å². The van der Waals surface area contributed by atoms with Crippen molar-refractivity contribution in [3.8, 4) is 0 Å². The third kappa shape index (κ3) is 4.68. The fourth-order valence-corrected chi connectivity index (χ4v) is 5.89. The fourth-order valence-electron chi connectivity index (χ4n) is 4.48. The maximum atomic E-state index is 13.0. The molecule has 1 saturated heterocycles. The minimum Gasteiger partial charge on any atom is -0.379 e. The monoisotopic (exact) mass is 442 g/mol. The van der Waals surface area contributed by atoms with Crippen LogP contribution in [-0.4, -0.2) is 51.5 Å². The predicted molar refractivity (Wildman–Crippen MR) is 121 cm³/mol. The lowest BCUT2D eigenvalue weighted by atomic mass is 9.94. The number of hydrogen-bond donors (Lipinski definition) is 0. The van der Waals surface area contributed by atoms with Crippen molar-refractivity contribution in [3.63, 3.8) is 0 Å². The molecule has 6 nitrogen and oxygen atoms in total. The van der Waals surface area contributed by atoms with E-state index in [1.165, 1.54) is 21.0 Å². The smallest absolute Gasteiger partial charge is 0.243 e. The first kappa shape index (κ1) is 22.0. The number of nitrogens with zero attached hydrogens (tertiary/aromatic N) is 2. The minimum atomic E-state index is -3.49. The molecule has 4 rings (SSSR count). The van der Waals surface area contributed by atoms with E-state index < -0.39 is 10.0 Å². The molecule has 0 unspecified atom stereocenters. The largest absolute Gasteiger partial charge is 0.379 e. The molecule has 0 bridgehead atoms. The van der Waals surface area contributed by atoms with Gasteiger partial charge in [0.15, 0.2) is 0 Å². The predicted octanol–water partition coefficient (Wildman–Crippen LogP) is 3.24. The Morgan fingerprint density at radius 1 is 1.03 bits per heavy atom. The van der Waals surface area contributed by atoms with Gasteiger partial charge in [0, 0.05) is 31.7 Å². The third-order valence-corrected chi connectivity index (χ3v) is 8.07. The van der Waals surface area contributed by atoms with Crippen LogP contribution in [0.5, 0.6) is 0 Å².